The molecule has 0 saturated heterocycles. The number of ether oxygens (including phenoxy) is 3. The van der Waals surface area contributed by atoms with Crippen molar-refractivity contribution in [2.24, 2.45) is 0 Å². The average Bonchev–Trinajstić information content (AvgIpc) is 2.86. The Labute approximate surface area is 127 Å². The smallest absolute Gasteiger partial charge is 0.129 e. The molecule has 110 valence electrons. The Morgan fingerprint density at radius 3 is 2.95 bits per heavy atom. The summed E-state index contributed by atoms with van der Waals surface area (Å²) >= 11 is 5.99. The molecule has 3 rings (SSSR count). The van der Waals surface area contributed by atoms with Crippen LogP contribution in [0.3, 0.4) is 0 Å². The highest BCUT2D eigenvalue weighted by molar-refractivity contribution is 6.30. The summed E-state index contributed by atoms with van der Waals surface area (Å²) in [5.74, 6) is 2.06. The van der Waals surface area contributed by atoms with Crippen molar-refractivity contribution in [1.29, 1.82) is 0 Å². The molecular weight excluding hydrogens is 292 g/mol. The van der Waals surface area contributed by atoms with Crippen LogP contribution in [-0.2, 0) is 6.61 Å². The van der Waals surface area contributed by atoms with Gasteiger partial charge in [0.2, 0.25) is 0 Å². The van der Waals surface area contributed by atoms with Gasteiger partial charge >= 0.3 is 0 Å². The molecular formula is C16H15ClO4. The number of benzene rings is 2. The third-order valence-corrected chi connectivity index (χ3v) is 3.61. The van der Waals surface area contributed by atoms with Crippen molar-refractivity contribution >= 4 is 11.6 Å². The summed E-state index contributed by atoms with van der Waals surface area (Å²) in [6, 6.07) is 10.8. The summed E-state index contributed by atoms with van der Waals surface area (Å²) < 4.78 is 16.4. The molecule has 0 aliphatic carbocycles. The minimum atomic E-state index is -0.554. The summed E-state index contributed by atoms with van der Waals surface area (Å²) in [6.45, 7) is 0.631. The largest absolute Gasteiger partial charge is 0.496 e. The molecule has 0 bridgehead atoms. The second kappa shape index (κ2) is 5.84. The van der Waals surface area contributed by atoms with Gasteiger partial charge in [0.05, 0.1) is 7.11 Å². The predicted molar refractivity (Wildman–Crippen MR) is 79.2 cm³/mol. The van der Waals surface area contributed by atoms with Crippen LogP contribution in [0.25, 0.3) is 0 Å². The molecule has 5 heteroatoms. The van der Waals surface area contributed by atoms with Gasteiger partial charge in [0.1, 0.15) is 36.6 Å². The molecule has 1 aliphatic rings. The van der Waals surface area contributed by atoms with Crippen LogP contribution in [-0.4, -0.2) is 18.8 Å². The zero-order valence-electron chi connectivity index (χ0n) is 11.5. The molecule has 2 aromatic carbocycles. The molecule has 0 aromatic heterocycles. The molecule has 0 radical (unpaired) electrons. The molecule has 1 atom stereocenters. The molecule has 1 unspecified atom stereocenters. The minimum absolute atomic E-state index is 0.293. The van der Waals surface area contributed by atoms with E-state index in [-0.39, 0.29) is 0 Å². The summed E-state index contributed by atoms with van der Waals surface area (Å²) in [5, 5.41) is 10.3. The number of halogens is 1. The Kier molecular flexibility index (Phi) is 3.90. The molecule has 1 aliphatic heterocycles. The lowest BCUT2D eigenvalue weighted by molar-refractivity contribution is 0.140. The number of rotatable bonds is 4. The number of aliphatic hydroxyl groups is 1. The lowest BCUT2D eigenvalue weighted by Crippen LogP contribution is -1.99. The van der Waals surface area contributed by atoms with E-state index in [0.29, 0.717) is 29.7 Å². The fraction of sp³-hybridized carbons (Fsp3) is 0.250. The Balaban J connectivity index is 1.75. The van der Waals surface area contributed by atoms with Gasteiger partial charge in [0, 0.05) is 22.2 Å². The van der Waals surface area contributed by atoms with Crippen LogP contribution in [0.4, 0.5) is 0 Å². The van der Waals surface area contributed by atoms with E-state index in [1.807, 2.05) is 24.3 Å². The maximum Gasteiger partial charge on any atom is 0.129 e. The van der Waals surface area contributed by atoms with Crippen LogP contribution in [0.2, 0.25) is 5.02 Å². The van der Waals surface area contributed by atoms with Gasteiger partial charge in [-0.2, -0.15) is 0 Å². The molecule has 4 nitrogen and oxygen atoms in total. The maximum absolute atomic E-state index is 9.68. The van der Waals surface area contributed by atoms with Crippen LogP contribution in [0.1, 0.15) is 17.2 Å². The summed E-state index contributed by atoms with van der Waals surface area (Å²) in [4.78, 5) is 0. The normalized spacial score (nSPS) is 16.2. The monoisotopic (exact) mass is 306 g/mol. The summed E-state index contributed by atoms with van der Waals surface area (Å²) in [6.07, 6.45) is -0.554. The van der Waals surface area contributed by atoms with Crippen LogP contribution in [0.15, 0.2) is 36.4 Å². The van der Waals surface area contributed by atoms with Crippen LogP contribution < -0.4 is 14.2 Å². The quantitative estimate of drug-likeness (QED) is 0.941. The van der Waals surface area contributed by atoms with Crippen LogP contribution >= 0.6 is 11.6 Å². The van der Waals surface area contributed by atoms with E-state index < -0.39 is 6.10 Å². The lowest BCUT2D eigenvalue weighted by atomic mass is 10.1. The van der Waals surface area contributed by atoms with Crippen molar-refractivity contribution in [2.75, 3.05) is 13.7 Å². The van der Waals surface area contributed by atoms with Crippen LogP contribution in [0, 0.1) is 0 Å². The van der Waals surface area contributed by atoms with Crippen molar-refractivity contribution in [3.63, 3.8) is 0 Å². The van der Waals surface area contributed by atoms with Crippen molar-refractivity contribution < 1.29 is 19.3 Å². The second-order valence-electron chi connectivity index (χ2n) is 4.77. The molecule has 0 spiro atoms. The maximum atomic E-state index is 9.68. The fourth-order valence-electron chi connectivity index (χ4n) is 2.28. The van der Waals surface area contributed by atoms with Crippen LogP contribution in [0.5, 0.6) is 17.2 Å². The van der Waals surface area contributed by atoms with Gasteiger partial charge in [0.25, 0.3) is 0 Å². The van der Waals surface area contributed by atoms with Crippen molar-refractivity contribution in [3.05, 3.63) is 52.5 Å². The zero-order chi connectivity index (χ0) is 14.8. The zero-order valence-corrected chi connectivity index (χ0v) is 12.3. The molecule has 1 N–H and O–H groups in total. The number of fused-ring (bicyclic) bond motifs is 1. The number of hydrogen-bond donors (Lipinski definition) is 1. The SMILES string of the molecule is COc1ccc(Cl)cc1COc1ccc2c(c1)OCC2O. The first kappa shape index (κ1) is 14.0. The van der Waals surface area contributed by atoms with Gasteiger partial charge in [-0.1, -0.05) is 11.6 Å². The molecule has 0 fully saturated rings. The van der Waals surface area contributed by atoms with Crippen molar-refractivity contribution in [2.45, 2.75) is 12.7 Å². The number of methoxy groups -OCH3 is 1. The topological polar surface area (TPSA) is 47.9 Å². The van der Waals surface area contributed by atoms with Gasteiger partial charge in [-0.3, -0.25) is 0 Å². The second-order valence-corrected chi connectivity index (χ2v) is 5.21. The highest BCUT2D eigenvalue weighted by Gasteiger charge is 2.22. The predicted octanol–water partition coefficient (Wildman–Crippen LogP) is 3.35. The lowest BCUT2D eigenvalue weighted by Gasteiger charge is -2.11. The Bertz CT molecular complexity index is 657. The third kappa shape index (κ3) is 2.91. The molecule has 0 amide bonds. The minimum Gasteiger partial charge on any atom is -0.496 e. The van der Waals surface area contributed by atoms with E-state index in [1.54, 1.807) is 19.2 Å². The summed E-state index contributed by atoms with van der Waals surface area (Å²) in [5.41, 5.74) is 1.66. The molecule has 0 saturated carbocycles. The van der Waals surface area contributed by atoms with E-state index >= 15 is 0 Å². The van der Waals surface area contributed by atoms with Crippen molar-refractivity contribution in [1.82, 2.24) is 0 Å². The third-order valence-electron chi connectivity index (χ3n) is 3.38. The van der Waals surface area contributed by atoms with E-state index in [1.165, 1.54) is 0 Å². The van der Waals surface area contributed by atoms with Gasteiger partial charge in [-0.15, -0.1) is 0 Å². The highest BCUT2D eigenvalue weighted by Crippen LogP contribution is 2.35. The van der Waals surface area contributed by atoms with Gasteiger partial charge in [-0.25, -0.2) is 0 Å². The van der Waals surface area contributed by atoms with Crippen molar-refractivity contribution in [3.8, 4) is 17.2 Å². The Morgan fingerprint density at radius 1 is 1.29 bits per heavy atom. The number of hydrogen-bond acceptors (Lipinski definition) is 4. The molecule has 2 aromatic rings. The fourth-order valence-corrected chi connectivity index (χ4v) is 2.48. The Hall–Kier alpha value is -1.91. The van der Waals surface area contributed by atoms with Gasteiger partial charge < -0.3 is 19.3 Å². The first-order valence-corrected chi connectivity index (χ1v) is 6.95. The van der Waals surface area contributed by atoms with Gasteiger partial charge in [0.15, 0.2) is 0 Å². The van der Waals surface area contributed by atoms with E-state index in [0.717, 1.165) is 16.9 Å². The Morgan fingerprint density at radius 2 is 2.14 bits per heavy atom. The van der Waals surface area contributed by atoms with Gasteiger partial charge in [-0.05, 0) is 30.3 Å². The molecule has 1 heterocycles. The van der Waals surface area contributed by atoms with E-state index in [9.17, 15) is 5.11 Å². The molecule has 21 heavy (non-hydrogen) atoms. The first-order valence-electron chi connectivity index (χ1n) is 6.57. The van der Waals surface area contributed by atoms with E-state index in [4.69, 9.17) is 25.8 Å². The number of aliphatic hydroxyl groups excluding tert-OH is 1. The standard InChI is InChI=1S/C16H15ClO4/c1-19-15-5-2-11(17)6-10(15)8-20-12-3-4-13-14(18)9-21-16(13)7-12/h2-7,14,18H,8-9H2,1H3. The average molecular weight is 307 g/mol. The summed E-state index contributed by atoms with van der Waals surface area (Å²) in [7, 11) is 1.61. The van der Waals surface area contributed by atoms with E-state index in [2.05, 4.69) is 0 Å². The first-order chi connectivity index (χ1) is 10.2. The highest BCUT2D eigenvalue weighted by atomic mass is 35.5.